The predicted molar refractivity (Wildman–Crippen MR) is 60.1 cm³/mol. The Kier molecular flexibility index (Phi) is 4.31. The first-order chi connectivity index (χ1) is 6.77. The maximum Gasteiger partial charge on any atom is 0.104 e. The predicted octanol–water partition coefficient (Wildman–Crippen LogP) is 2.42. The number of hydrogen-bond acceptors (Lipinski definition) is 3. The minimum atomic E-state index is -0.169. The Balaban J connectivity index is 3.06. The van der Waals surface area contributed by atoms with E-state index >= 15 is 0 Å². The number of halogens is 1. The third-order valence-electron chi connectivity index (χ3n) is 1.43. The number of hydrogen-bond donors (Lipinski definition) is 1. The van der Waals surface area contributed by atoms with E-state index in [4.69, 9.17) is 16.7 Å². The third kappa shape index (κ3) is 2.95. The van der Waals surface area contributed by atoms with Crippen molar-refractivity contribution in [3.8, 4) is 11.8 Å². The van der Waals surface area contributed by atoms with Gasteiger partial charge in [0, 0.05) is 5.56 Å². The van der Waals surface area contributed by atoms with Crippen LogP contribution in [0.5, 0.6) is 0 Å². The Morgan fingerprint density at radius 1 is 1.50 bits per heavy atom. The zero-order chi connectivity index (χ0) is 10.4. The highest BCUT2D eigenvalue weighted by atomic mass is 35.5. The van der Waals surface area contributed by atoms with Crippen LogP contribution < -0.4 is 0 Å². The Bertz CT molecular complexity index is 441. The number of benzene rings is 1. The Hall–Kier alpha value is -1.17. The summed E-state index contributed by atoms with van der Waals surface area (Å²) in [7, 11) is 0. The van der Waals surface area contributed by atoms with Crippen molar-refractivity contribution in [2.45, 2.75) is 0 Å². The SMILES string of the molecule is OCC#Cc1ccc(N=C=S)c(Cl)c1. The second kappa shape index (κ2) is 5.54. The number of aliphatic hydroxyl groups is 1. The lowest BCUT2D eigenvalue weighted by molar-refractivity contribution is 0.350. The summed E-state index contributed by atoms with van der Waals surface area (Å²) in [5, 5.41) is 11.2. The molecule has 0 aliphatic carbocycles. The lowest BCUT2D eigenvalue weighted by Gasteiger charge is -1.96. The second-order valence-electron chi connectivity index (χ2n) is 2.33. The van der Waals surface area contributed by atoms with E-state index in [9.17, 15) is 0 Å². The van der Waals surface area contributed by atoms with Crippen molar-refractivity contribution in [3.63, 3.8) is 0 Å². The molecule has 0 bridgehead atoms. The first-order valence-electron chi connectivity index (χ1n) is 3.75. The summed E-state index contributed by atoms with van der Waals surface area (Å²) in [6, 6.07) is 5.11. The quantitative estimate of drug-likeness (QED) is 0.451. The molecule has 2 nitrogen and oxygen atoms in total. The van der Waals surface area contributed by atoms with Crippen molar-refractivity contribution >= 4 is 34.7 Å². The topological polar surface area (TPSA) is 32.6 Å². The van der Waals surface area contributed by atoms with Crippen molar-refractivity contribution < 1.29 is 5.11 Å². The molecule has 0 unspecified atom stereocenters. The van der Waals surface area contributed by atoms with Gasteiger partial charge in [-0.15, -0.1) is 0 Å². The van der Waals surface area contributed by atoms with Gasteiger partial charge in [-0.05, 0) is 30.4 Å². The van der Waals surface area contributed by atoms with Crippen molar-refractivity contribution in [3.05, 3.63) is 28.8 Å². The van der Waals surface area contributed by atoms with E-state index in [2.05, 4.69) is 34.2 Å². The molecular formula is C10H6ClNOS. The van der Waals surface area contributed by atoms with Gasteiger partial charge in [-0.1, -0.05) is 23.4 Å². The number of aliphatic imine (C=N–C) groups is 1. The second-order valence-corrected chi connectivity index (χ2v) is 2.92. The summed E-state index contributed by atoms with van der Waals surface area (Å²) in [5.74, 6) is 5.26. The van der Waals surface area contributed by atoms with Gasteiger partial charge >= 0.3 is 0 Å². The van der Waals surface area contributed by atoms with Crippen LogP contribution in [-0.4, -0.2) is 16.9 Å². The van der Waals surface area contributed by atoms with Gasteiger partial charge in [0.2, 0.25) is 0 Å². The van der Waals surface area contributed by atoms with Crippen molar-refractivity contribution in [1.82, 2.24) is 0 Å². The van der Waals surface area contributed by atoms with Gasteiger partial charge < -0.3 is 5.11 Å². The number of thiocarbonyl (C=S) groups is 1. The van der Waals surface area contributed by atoms with Crippen molar-refractivity contribution in [1.29, 1.82) is 0 Å². The molecule has 14 heavy (non-hydrogen) atoms. The molecule has 0 heterocycles. The van der Waals surface area contributed by atoms with Crippen LogP contribution in [0, 0.1) is 11.8 Å². The standard InChI is InChI=1S/C10H6ClNOS/c11-9-6-8(2-1-5-13)3-4-10(9)12-7-14/h3-4,6,13H,5H2. The Morgan fingerprint density at radius 3 is 2.86 bits per heavy atom. The Morgan fingerprint density at radius 2 is 2.29 bits per heavy atom. The van der Waals surface area contributed by atoms with E-state index < -0.39 is 0 Å². The van der Waals surface area contributed by atoms with Gasteiger partial charge in [-0.3, -0.25) is 0 Å². The van der Waals surface area contributed by atoms with Gasteiger partial charge in [-0.2, -0.15) is 4.99 Å². The normalized spacial score (nSPS) is 8.43. The van der Waals surface area contributed by atoms with Gasteiger partial charge in [0.15, 0.2) is 0 Å². The zero-order valence-electron chi connectivity index (χ0n) is 7.12. The number of aliphatic hydroxyl groups excluding tert-OH is 1. The minimum Gasteiger partial charge on any atom is -0.384 e. The van der Waals surface area contributed by atoms with Crippen molar-refractivity contribution in [2.75, 3.05) is 6.61 Å². The summed E-state index contributed by atoms with van der Waals surface area (Å²) in [6.07, 6.45) is 0. The molecule has 0 saturated carbocycles. The van der Waals surface area contributed by atoms with Gasteiger partial charge in [0.25, 0.3) is 0 Å². The highest BCUT2D eigenvalue weighted by molar-refractivity contribution is 7.78. The van der Waals surface area contributed by atoms with Crippen LogP contribution in [0.1, 0.15) is 5.56 Å². The van der Waals surface area contributed by atoms with E-state index in [1.807, 2.05) is 0 Å². The molecule has 0 atom stereocenters. The van der Waals surface area contributed by atoms with Crippen LogP contribution in [0.3, 0.4) is 0 Å². The fourth-order valence-electron chi connectivity index (χ4n) is 0.866. The molecule has 0 aromatic heterocycles. The molecular weight excluding hydrogens is 218 g/mol. The Labute approximate surface area is 92.2 Å². The molecule has 4 heteroatoms. The van der Waals surface area contributed by atoms with Crippen LogP contribution in [0.25, 0.3) is 0 Å². The number of nitrogens with zero attached hydrogens (tertiary/aromatic N) is 1. The molecule has 0 fully saturated rings. The van der Waals surface area contributed by atoms with Gasteiger partial charge in [0.05, 0.1) is 15.9 Å². The van der Waals surface area contributed by atoms with E-state index in [0.717, 1.165) is 5.56 Å². The lowest BCUT2D eigenvalue weighted by atomic mass is 10.2. The first kappa shape index (κ1) is 10.9. The van der Waals surface area contributed by atoms with E-state index in [1.54, 1.807) is 18.2 Å². The largest absolute Gasteiger partial charge is 0.384 e. The third-order valence-corrected chi connectivity index (χ3v) is 1.82. The van der Waals surface area contributed by atoms with Crippen LogP contribution in [0.4, 0.5) is 5.69 Å². The molecule has 0 amide bonds. The molecule has 0 spiro atoms. The van der Waals surface area contributed by atoms with Crippen LogP contribution in [-0.2, 0) is 0 Å². The molecule has 0 aliphatic rings. The number of isothiocyanates is 1. The summed E-state index contributed by atoms with van der Waals surface area (Å²) >= 11 is 10.3. The van der Waals surface area contributed by atoms with Crippen LogP contribution in [0.2, 0.25) is 5.02 Å². The fourth-order valence-corrected chi connectivity index (χ4v) is 1.19. The maximum absolute atomic E-state index is 8.49. The maximum atomic E-state index is 8.49. The smallest absolute Gasteiger partial charge is 0.104 e. The highest BCUT2D eigenvalue weighted by Gasteiger charge is 1.97. The van der Waals surface area contributed by atoms with Gasteiger partial charge in [-0.25, -0.2) is 0 Å². The molecule has 1 aromatic rings. The fraction of sp³-hybridized carbons (Fsp3) is 0.100. The summed E-state index contributed by atoms with van der Waals surface area (Å²) < 4.78 is 0. The molecule has 0 aliphatic heterocycles. The average Bonchev–Trinajstić information content (AvgIpc) is 2.19. The molecule has 1 N–H and O–H groups in total. The summed E-state index contributed by atoms with van der Waals surface area (Å²) in [4.78, 5) is 3.76. The molecule has 1 aromatic carbocycles. The monoisotopic (exact) mass is 223 g/mol. The van der Waals surface area contributed by atoms with E-state index in [-0.39, 0.29) is 6.61 Å². The van der Waals surface area contributed by atoms with Crippen molar-refractivity contribution in [2.24, 2.45) is 4.99 Å². The minimum absolute atomic E-state index is 0.169. The molecule has 1 rings (SSSR count). The van der Waals surface area contributed by atoms with Crippen LogP contribution >= 0.6 is 23.8 Å². The zero-order valence-corrected chi connectivity index (χ0v) is 8.69. The average molecular weight is 224 g/mol. The molecule has 0 saturated heterocycles. The molecule has 70 valence electrons. The lowest BCUT2D eigenvalue weighted by Crippen LogP contribution is -1.77. The number of rotatable bonds is 1. The van der Waals surface area contributed by atoms with Crippen LogP contribution in [0.15, 0.2) is 23.2 Å². The highest BCUT2D eigenvalue weighted by Crippen LogP contribution is 2.24. The first-order valence-corrected chi connectivity index (χ1v) is 4.53. The van der Waals surface area contributed by atoms with E-state index in [0.29, 0.717) is 10.7 Å². The molecule has 0 radical (unpaired) electrons. The summed E-state index contributed by atoms with van der Waals surface area (Å²) in [5.41, 5.74) is 1.29. The van der Waals surface area contributed by atoms with E-state index in [1.165, 1.54) is 0 Å². The summed E-state index contributed by atoms with van der Waals surface area (Å²) in [6.45, 7) is -0.169. The van der Waals surface area contributed by atoms with Gasteiger partial charge in [0.1, 0.15) is 6.61 Å².